The van der Waals surface area contributed by atoms with Gasteiger partial charge in [0.2, 0.25) is 0 Å². The number of hydrogen-bond donors (Lipinski definition) is 1. The molecule has 0 spiro atoms. The van der Waals surface area contributed by atoms with Gasteiger partial charge in [-0.25, -0.2) is 0 Å². The van der Waals surface area contributed by atoms with Crippen molar-refractivity contribution in [3.05, 3.63) is 12.7 Å². The van der Waals surface area contributed by atoms with E-state index in [4.69, 9.17) is 0 Å². The molecule has 0 aromatic heterocycles. The van der Waals surface area contributed by atoms with Gasteiger partial charge in [0.15, 0.2) is 0 Å². The normalized spacial score (nSPS) is 13.9. The van der Waals surface area contributed by atoms with E-state index in [1.165, 1.54) is 0 Å². The Morgan fingerprint density at radius 2 is 2.00 bits per heavy atom. The van der Waals surface area contributed by atoms with Crippen molar-refractivity contribution in [1.29, 1.82) is 0 Å². The van der Waals surface area contributed by atoms with Crippen LogP contribution in [0.15, 0.2) is 12.7 Å². The maximum absolute atomic E-state index is 11.8. The van der Waals surface area contributed by atoms with E-state index in [2.05, 4.69) is 11.9 Å². The number of halogens is 3. The predicted molar refractivity (Wildman–Crippen MR) is 56.8 cm³/mol. The molecule has 1 unspecified atom stereocenters. The van der Waals surface area contributed by atoms with Crippen molar-refractivity contribution in [3.63, 3.8) is 0 Å². The van der Waals surface area contributed by atoms with E-state index in [1.807, 2.05) is 13.0 Å². The predicted octanol–water partition coefficient (Wildman–Crippen LogP) is 3.66. The van der Waals surface area contributed by atoms with Gasteiger partial charge in [-0.3, -0.25) is 0 Å². The average molecular weight is 223 g/mol. The third kappa shape index (κ3) is 11.4. The summed E-state index contributed by atoms with van der Waals surface area (Å²) in [5.41, 5.74) is 0. The first-order chi connectivity index (χ1) is 6.95. The lowest BCUT2D eigenvalue weighted by molar-refractivity contribution is -0.135. The zero-order valence-corrected chi connectivity index (χ0v) is 9.24. The Bertz CT molecular complexity index is 166. The first kappa shape index (κ1) is 14.5. The Morgan fingerprint density at radius 1 is 1.33 bits per heavy atom. The molecule has 0 aromatic carbocycles. The van der Waals surface area contributed by atoms with Crippen LogP contribution in [0.3, 0.4) is 0 Å². The molecule has 1 atom stereocenters. The minimum Gasteiger partial charge on any atom is -0.314 e. The fraction of sp³-hybridized carbons (Fsp3) is 0.818. The Labute approximate surface area is 89.7 Å². The van der Waals surface area contributed by atoms with E-state index in [1.54, 1.807) is 0 Å². The van der Waals surface area contributed by atoms with Crippen LogP contribution in [0.4, 0.5) is 13.2 Å². The molecule has 90 valence electrons. The van der Waals surface area contributed by atoms with Gasteiger partial charge in [-0.2, -0.15) is 13.2 Å². The smallest absolute Gasteiger partial charge is 0.314 e. The summed E-state index contributed by atoms with van der Waals surface area (Å²) in [5, 5.41) is 3.19. The van der Waals surface area contributed by atoms with Crippen molar-refractivity contribution >= 4 is 0 Å². The standard InChI is InChI=1S/C11H20F3N/c1-3-4-7-10(2)15-9-6-5-8-11(12,13)14/h3,10,15H,1,4-9H2,2H3. The molecule has 1 nitrogen and oxygen atoms in total. The van der Waals surface area contributed by atoms with Crippen LogP contribution >= 0.6 is 0 Å². The molecule has 4 heteroatoms. The summed E-state index contributed by atoms with van der Waals surface area (Å²) in [6.45, 7) is 6.31. The molecule has 0 aromatic rings. The SMILES string of the molecule is C=CCCC(C)NCCCCC(F)(F)F. The van der Waals surface area contributed by atoms with Crippen LogP contribution in [0.2, 0.25) is 0 Å². The van der Waals surface area contributed by atoms with E-state index in [9.17, 15) is 13.2 Å². The molecule has 15 heavy (non-hydrogen) atoms. The fourth-order valence-electron chi connectivity index (χ4n) is 1.27. The molecule has 0 aliphatic heterocycles. The van der Waals surface area contributed by atoms with E-state index in [-0.39, 0.29) is 6.42 Å². The molecule has 1 N–H and O–H groups in total. The molecule has 0 saturated heterocycles. The van der Waals surface area contributed by atoms with Crippen LogP contribution in [0.25, 0.3) is 0 Å². The van der Waals surface area contributed by atoms with Gasteiger partial charge in [0, 0.05) is 12.5 Å². The highest BCUT2D eigenvalue weighted by Gasteiger charge is 2.25. The third-order valence-electron chi connectivity index (χ3n) is 2.18. The van der Waals surface area contributed by atoms with Crippen LogP contribution in [0.5, 0.6) is 0 Å². The largest absolute Gasteiger partial charge is 0.389 e. The zero-order chi connectivity index (χ0) is 11.7. The van der Waals surface area contributed by atoms with Crippen molar-refractivity contribution < 1.29 is 13.2 Å². The van der Waals surface area contributed by atoms with Gasteiger partial charge in [0.25, 0.3) is 0 Å². The summed E-state index contributed by atoms with van der Waals surface area (Å²) < 4.78 is 35.3. The first-order valence-electron chi connectivity index (χ1n) is 5.36. The molecule has 0 rings (SSSR count). The maximum atomic E-state index is 11.8. The van der Waals surface area contributed by atoms with Crippen molar-refractivity contribution in [3.8, 4) is 0 Å². The Kier molecular flexibility index (Phi) is 7.48. The van der Waals surface area contributed by atoms with Crippen LogP contribution in [-0.4, -0.2) is 18.8 Å². The minimum atomic E-state index is -4.01. The lowest BCUT2D eigenvalue weighted by atomic mass is 10.1. The van der Waals surface area contributed by atoms with E-state index in [0.717, 1.165) is 12.8 Å². The Balaban J connectivity index is 3.27. The van der Waals surface area contributed by atoms with Gasteiger partial charge in [-0.15, -0.1) is 6.58 Å². The number of nitrogens with one attached hydrogen (secondary N) is 1. The van der Waals surface area contributed by atoms with Gasteiger partial charge in [-0.1, -0.05) is 6.08 Å². The van der Waals surface area contributed by atoms with Crippen LogP contribution < -0.4 is 5.32 Å². The van der Waals surface area contributed by atoms with E-state index in [0.29, 0.717) is 19.0 Å². The van der Waals surface area contributed by atoms with Crippen molar-refractivity contribution in [2.24, 2.45) is 0 Å². The lowest BCUT2D eigenvalue weighted by Gasteiger charge is -2.12. The fourth-order valence-corrected chi connectivity index (χ4v) is 1.27. The summed E-state index contributed by atoms with van der Waals surface area (Å²) in [7, 11) is 0. The monoisotopic (exact) mass is 223 g/mol. The number of allylic oxidation sites excluding steroid dienone is 1. The molecule has 0 aliphatic rings. The summed E-state index contributed by atoms with van der Waals surface area (Å²) in [5.74, 6) is 0. The molecular formula is C11H20F3N. The van der Waals surface area contributed by atoms with Crippen LogP contribution in [-0.2, 0) is 0 Å². The molecule has 0 saturated carbocycles. The molecule has 0 bridgehead atoms. The van der Waals surface area contributed by atoms with E-state index >= 15 is 0 Å². The average Bonchev–Trinajstić information content (AvgIpc) is 2.12. The highest BCUT2D eigenvalue weighted by atomic mass is 19.4. The third-order valence-corrected chi connectivity index (χ3v) is 2.18. The quantitative estimate of drug-likeness (QED) is 0.489. The molecule has 0 radical (unpaired) electrons. The van der Waals surface area contributed by atoms with Crippen molar-refractivity contribution in [2.45, 2.75) is 51.2 Å². The number of hydrogen-bond acceptors (Lipinski definition) is 1. The summed E-state index contributed by atoms with van der Waals surface area (Å²) in [4.78, 5) is 0. The molecule has 0 fully saturated rings. The second kappa shape index (κ2) is 7.74. The molecule has 0 heterocycles. The van der Waals surface area contributed by atoms with Gasteiger partial charge in [-0.05, 0) is 39.2 Å². The van der Waals surface area contributed by atoms with Gasteiger partial charge < -0.3 is 5.32 Å². The van der Waals surface area contributed by atoms with Gasteiger partial charge >= 0.3 is 6.18 Å². The second-order valence-corrected chi connectivity index (χ2v) is 3.79. The van der Waals surface area contributed by atoms with Gasteiger partial charge in [0.1, 0.15) is 0 Å². The van der Waals surface area contributed by atoms with Crippen molar-refractivity contribution in [2.75, 3.05) is 6.54 Å². The zero-order valence-electron chi connectivity index (χ0n) is 9.24. The van der Waals surface area contributed by atoms with Crippen molar-refractivity contribution in [1.82, 2.24) is 5.32 Å². The Hall–Kier alpha value is -0.510. The molecule has 0 amide bonds. The highest BCUT2D eigenvalue weighted by Crippen LogP contribution is 2.21. The second-order valence-electron chi connectivity index (χ2n) is 3.79. The summed E-state index contributed by atoms with van der Waals surface area (Å²) in [6.07, 6.45) is -0.103. The molecule has 0 aliphatic carbocycles. The molecular weight excluding hydrogens is 203 g/mol. The summed E-state index contributed by atoms with van der Waals surface area (Å²) in [6, 6.07) is 0.355. The number of unbranched alkanes of at least 4 members (excludes halogenated alkanes) is 1. The van der Waals surface area contributed by atoms with Crippen LogP contribution in [0, 0.1) is 0 Å². The lowest BCUT2D eigenvalue weighted by Crippen LogP contribution is -2.26. The topological polar surface area (TPSA) is 12.0 Å². The first-order valence-corrected chi connectivity index (χ1v) is 5.36. The number of rotatable bonds is 8. The number of alkyl halides is 3. The van der Waals surface area contributed by atoms with E-state index < -0.39 is 12.6 Å². The highest BCUT2D eigenvalue weighted by molar-refractivity contribution is 4.70. The summed E-state index contributed by atoms with van der Waals surface area (Å²) >= 11 is 0. The Morgan fingerprint density at radius 3 is 2.53 bits per heavy atom. The van der Waals surface area contributed by atoms with Crippen LogP contribution in [0.1, 0.15) is 39.0 Å². The maximum Gasteiger partial charge on any atom is 0.389 e. The van der Waals surface area contributed by atoms with Gasteiger partial charge in [0.05, 0.1) is 0 Å². The minimum absolute atomic E-state index is 0.213.